The zero-order valence-electron chi connectivity index (χ0n) is 11.7. The Labute approximate surface area is 125 Å². The van der Waals surface area contributed by atoms with Crippen LogP contribution in [0.1, 0.15) is 19.3 Å². The molecule has 0 bridgehead atoms. The molecule has 1 aliphatic heterocycles. The second-order valence-electron chi connectivity index (χ2n) is 5.09. The molecule has 0 aliphatic carbocycles. The maximum atomic E-state index is 12.0. The summed E-state index contributed by atoms with van der Waals surface area (Å²) in [6, 6.07) is 7.87. The van der Waals surface area contributed by atoms with Crippen molar-refractivity contribution in [1.29, 1.82) is 0 Å². The van der Waals surface area contributed by atoms with E-state index in [1.54, 1.807) is 0 Å². The Balaban J connectivity index is 1.81. The zero-order chi connectivity index (χ0) is 14.4. The van der Waals surface area contributed by atoms with E-state index in [-0.39, 0.29) is 5.91 Å². The number of hydrogen-bond acceptors (Lipinski definition) is 3. The summed E-state index contributed by atoms with van der Waals surface area (Å²) in [4.78, 5) is 16.2. The fourth-order valence-corrected chi connectivity index (χ4v) is 2.65. The van der Waals surface area contributed by atoms with Crippen LogP contribution in [-0.4, -0.2) is 43.5 Å². The number of unbranched alkanes of at least 4 members (excludes halogenated alkanes) is 1. The molecule has 0 unspecified atom stereocenters. The van der Waals surface area contributed by atoms with Crippen LogP contribution in [0.4, 0.5) is 5.69 Å². The maximum absolute atomic E-state index is 12.0. The van der Waals surface area contributed by atoms with Gasteiger partial charge < -0.3 is 15.5 Å². The Hall–Kier alpha value is -1.26. The highest BCUT2D eigenvalue weighted by atomic mass is 35.5. The second kappa shape index (κ2) is 7.50. The average Bonchev–Trinajstić information content (AvgIpc) is 2.47. The Kier molecular flexibility index (Phi) is 5.68. The van der Waals surface area contributed by atoms with Gasteiger partial charge in [0.1, 0.15) is 0 Å². The molecule has 0 aromatic heterocycles. The summed E-state index contributed by atoms with van der Waals surface area (Å²) >= 11 is 6.01. The molecule has 1 fully saturated rings. The summed E-state index contributed by atoms with van der Waals surface area (Å²) in [6.45, 7) is 3.96. The smallest absolute Gasteiger partial charge is 0.222 e. The van der Waals surface area contributed by atoms with Crippen LogP contribution in [0.5, 0.6) is 0 Å². The number of piperazine rings is 1. The lowest BCUT2D eigenvalue weighted by Gasteiger charge is -2.36. The minimum atomic E-state index is 0.254. The number of carbonyl (C=O) groups is 1. The molecule has 4 nitrogen and oxygen atoms in total. The van der Waals surface area contributed by atoms with E-state index in [2.05, 4.69) is 11.0 Å². The van der Waals surface area contributed by atoms with Crippen molar-refractivity contribution in [2.24, 2.45) is 5.73 Å². The first kappa shape index (κ1) is 15.1. The van der Waals surface area contributed by atoms with Gasteiger partial charge in [0.25, 0.3) is 0 Å². The van der Waals surface area contributed by atoms with Crippen molar-refractivity contribution in [2.75, 3.05) is 37.6 Å². The number of halogens is 1. The van der Waals surface area contributed by atoms with Gasteiger partial charge in [-0.3, -0.25) is 4.79 Å². The van der Waals surface area contributed by atoms with Gasteiger partial charge in [-0.1, -0.05) is 17.7 Å². The van der Waals surface area contributed by atoms with Gasteiger partial charge in [-0.25, -0.2) is 0 Å². The third-order valence-electron chi connectivity index (χ3n) is 3.65. The maximum Gasteiger partial charge on any atom is 0.222 e. The first-order valence-electron chi connectivity index (χ1n) is 7.19. The molecule has 1 aromatic carbocycles. The average molecular weight is 296 g/mol. The van der Waals surface area contributed by atoms with Gasteiger partial charge in [-0.05, 0) is 37.6 Å². The van der Waals surface area contributed by atoms with E-state index in [0.29, 0.717) is 13.0 Å². The van der Waals surface area contributed by atoms with E-state index in [9.17, 15) is 4.79 Å². The van der Waals surface area contributed by atoms with Crippen LogP contribution < -0.4 is 10.6 Å². The van der Waals surface area contributed by atoms with Crippen molar-refractivity contribution in [1.82, 2.24) is 4.90 Å². The van der Waals surface area contributed by atoms with Gasteiger partial charge >= 0.3 is 0 Å². The van der Waals surface area contributed by atoms with Crippen molar-refractivity contribution >= 4 is 23.2 Å². The molecular formula is C15H22ClN3O. The van der Waals surface area contributed by atoms with Gasteiger partial charge in [0, 0.05) is 43.3 Å². The molecule has 0 atom stereocenters. The van der Waals surface area contributed by atoms with Crippen LogP contribution in [0, 0.1) is 0 Å². The molecule has 110 valence electrons. The third kappa shape index (κ3) is 4.12. The molecule has 20 heavy (non-hydrogen) atoms. The van der Waals surface area contributed by atoms with Crippen molar-refractivity contribution in [2.45, 2.75) is 19.3 Å². The predicted octanol–water partition coefficient (Wildman–Crippen LogP) is 2.12. The highest BCUT2D eigenvalue weighted by Gasteiger charge is 2.20. The zero-order valence-corrected chi connectivity index (χ0v) is 12.5. The fraction of sp³-hybridized carbons (Fsp3) is 0.533. The van der Waals surface area contributed by atoms with Crippen LogP contribution in [0.3, 0.4) is 0 Å². The molecule has 0 radical (unpaired) electrons. The van der Waals surface area contributed by atoms with E-state index in [1.165, 1.54) is 0 Å². The molecule has 1 aliphatic rings. The molecule has 5 heteroatoms. The van der Waals surface area contributed by atoms with Crippen LogP contribution in [0.25, 0.3) is 0 Å². The molecule has 2 N–H and O–H groups in total. The number of hydrogen-bond donors (Lipinski definition) is 1. The number of amides is 1. The van der Waals surface area contributed by atoms with Crippen molar-refractivity contribution < 1.29 is 4.79 Å². The van der Waals surface area contributed by atoms with E-state index >= 15 is 0 Å². The number of nitrogens with zero attached hydrogens (tertiary/aromatic N) is 2. The first-order valence-corrected chi connectivity index (χ1v) is 7.57. The van der Waals surface area contributed by atoms with E-state index in [4.69, 9.17) is 17.3 Å². The minimum absolute atomic E-state index is 0.254. The predicted molar refractivity (Wildman–Crippen MR) is 83.2 cm³/mol. The lowest BCUT2D eigenvalue weighted by atomic mass is 10.2. The van der Waals surface area contributed by atoms with E-state index in [1.807, 2.05) is 23.1 Å². The minimum Gasteiger partial charge on any atom is -0.368 e. The lowest BCUT2D eigenvalue weighted by Crippen LogP contribution is -2.48. The molecule has 0 saturated carbocycles. The van der Waals surface area contributed by atoms with E-state index in [0.717, 1.165) is 49.7 Å². The topological polar surface area (TPSA) is 49.6 Å². The van der Waals surface area contributed by atoms with Crippen LogP contribution >= 0.6 is 11.6 Å². The Morgan fingerprint density at radius 1 is 1.20 bits per heavy atom. The Morgan fingerprint density at radius 2 is 1.95 bits per heavy atom. The van der Waals surface area contributed by atoms with Gasteiger partial charge in [0.2, 0.25) is 5.91 Å². The number of nitrogens with two attached hydrogens (primary N) is 1. The van der Waals surface area contributed by atoms with Gasteiger partial charge in [0.15, 0.2) is 0 Å². The highest BCUT2D eigenvalue weighted by molar-refractivity contribution is 6.30. The molecule has 1 saturated heterocycles. The number of anilines is 1. The highest BCUT2D eigenvalue weighted by Crippen LogP contribution is 2.21. The SMILES string of the molecule is NCCCCC(=O)N1CCN(c2cccc(Cl)c2)CC1. The molecule has 0 spiro atoms. The number of rotatable bonds is 5. The normalized spacial score (nSPS) is 15.5. The van der Waals surface area contributed by atoms with Crippen LogP contribution in [0.2, 0.25) is 5.02 Å². The van der Waals surface area contributed by atoms with Crippen molar-refractivity contribution in [3.05, 3.63) is 29.3 Å². The number of benzene rings is 1. The second-order valence-corrected chi connectivity index (χ2v) is 5.53. The summed E-state index contributed by atoms with van der Waals surface area (Å²) in [6.07, 6.45) is 2.44. The Morgan fingerprint density at radius 3 is 2.60 bits per heavy atom. The Bertz CT molecular complexity index is 444. The summed E-state index contributed by atoms with van der Waals surface area (Å²) in [5.41, 5.74) is 6.58. The summed E-state index contributed by atoms with van der Waals surface area (Å²) in [5.74, 6) is 0.254. The summed E-state index contributed by atoms with van der Waals surface area (Å²) < 4.78 is 0. The molecular weight excluding hydrogens is 274 g/mol. The van der Waals surface area contributed by atoms with Crippen LogP contribution in [0.15, 0.2) is 24.3 Å². The first-order chi connectivity index (χ1) is 9.70. The van der Waals surface area contributed by atoms with Gasteiger partial charge in [-0.2, -0.15) is 0 Å². The molecule has 2 rings (SSSR count). The molecule has 1 heterocycles. The monoisotopic (exact) mass is 295 g/mol. The van der Waals surface area contributed by atoms with Crippen molar-refractivity contribution in [3.8, 4) is 0 Å². The van der Waals surface area contributed by atoms with Gasteiger partial charge in [-0.15, -0.1) is 0 Å². The fourth-order valence-electron chi connectivity index (χ4n) is 2.47. The summed E-state index contributed by atoms with van der Waals surface area (Å²) in [5, 5.41) is 0.753. The third-order valence-corrected chi connectivity index (χ3v) is 3.89. The largest absolute Gasteiger partial charge is 0.368 e. The van der Waals surface area contributed by atoms with Crippen LogP contribution in [-0.2, 0) is 4.79 Å². The lowest BCUT2D eigenvalue weighted by molar-refractivity contribution is -0.131. The van der Waals surface area contributed by atoms with Crippen molar-refractivity contribution in [3.63, 3.8) is 0 Å². The quantitative estimate of drug-likeness (QED) is 0.847. The molecule has 1 aromatic rings. The summed E-state index contributed by atoms with van der Waals surface area (Å²) in [7, 11) is 0. The van der Waals surface area contributed by atoms with Gasteiger partial charge in [0.05, 0.1) is 0 Å². The van der Waals surface area contributed by atoms with E-state index < -0.39 is 0 Å². The number of carbonyl (C=O) groups excluding carboxylic acids is 1. The molecule has 1 amide bonds. The standard InChI is InChI=1S/C15H22ClN3O/c16-13-4-3-5-14(12-13)18-8-10-19(11-9-18)15(20)6-1-2-7-17/h3-5,12H,1-2,6-11,17H2.